The van der Waals surface area contributed by atoms with Crippen LogP contribution in [-0.2, 0) is 0 Å². The van der Waals surface area contributed by atoms with Crippen molar-refractivity contribution in [1.82, 2.24) is 5.32 Å². The van der Waals surface area contributed by atoms with E-state index in [9.17, 15) is 0 Å². The first kappa shape index (κ1) is 7.58. The van der Waals surface area contributed by atoms with Crippen LogP contribution in [0.3, 0.4) is 0 Å². The quantitative estimate of drug-likeness (QED) is 0.540. The van der Waals surface area contributed by atoms with Gasteiger partial charge in [0.2, 0.25) is 0 Å². The Morgan fingerprint density at radius 3 is 2.60 bits per heavy atom. The summed E-state index contributed by atoms with van der Waals surface area (Å²) in [5.41, 5.74) is 0.285. The summed E-state index contributed by atoms with van der Waals surface area (Å²) in [6.45, 7) is 5.57. The highest BCUT2D eigenvalue weighted by Crippen LogP contribution is 2.25. The lowest BCUT2D eigenvalue weighted by atomic mass is 9.84. The molecule has 0 bridgehead atoms. The zero-order valence-corrected chi connectivity index (χ0v) is 7.07. The second-order valence-electron chi connectivity index (χ2n) is 3.49. The Morgan fingerprint density at radius 1 is 1.50 bits per heavy atom. The zero-order chi connectivity index (χ0) is 7.61. The van der Waals surface area contributed by atoms with Gasteiger partial charge >= 0.3 is 0 Å². The molecule has 1 fully saturated rings. The van der Waals surface area contributed by atoms with E-state index in [1.807, 2.05) is 7.05 Å². The van der Waals surface area contributed by atoms with Crippen LogP contribution in [0.2, 0.25) is 0 Å². The number of aliphatic imine (C=N–C) groups is 1. The Hall–Kier alpha value is -0.530. The van der Waals surface area contributed by atoms with Crippen LogP contribution < -0.4 is 5.32 Å². The van der Waals surface area contributed by atoms with E-state index in [-0.39, 0.29) is 5.41 Å². The molecular weight excluding hydrogens is 124 g/mol. The molecule has 1 saturated heterocycles. The number of hydrogen-bond donors (Lipinski definition) is 1. The van der Waals surface area contributed by atoms with E-state index < -0.39 is 0 Å². The number of hydrogen-bond acceptors (Lipinski definition) is 1. The van der Waals surface area contributed by atoms with E-state index in [1.165, 1.54) is 18.7 Å². The van der Waals surface area contributed by atoms with Crippen molar-refractivity contribution >= 4 is 5.84 Å². The Labute approximate surface area is 62.7 Å². The molecule has 0 aliphatic carbocycles. The van der Waals surface area contributed by atoms with Gasteiger partial charge in [0.25, 0.3) is 0 Å². The van der Waals surface area contributed by atoms with Crippen molar-refractivity contribution in [2.45, 2.75) is 26.7 Å². The van der Waals surface area contributed by atoms with Crippen molar-refractivity contribution in [3.63, 3.8) is 0 Å². The molecule has 1 rings (SSSR count). The summed E-state index contributed by atoms with van der Waals surface area (Å²) in [7, 11) is 1.86. The number of rotatable bonds is 0. The summed E-state index contributed by atoms with van der Waals surface area (Å²) in [5.74, 6) is 1.17. The van der Waals surface area contributed by atoms with Gasteiger partial charge in [-0.25, -0.2) is 0 Å². The van der Waals surface area contributed by atoms with E-state index in [2.05, 4.69) is 24.2 Å². The molecule has 0 amide bonds. The molecule has 0 spiro atoms. The van der Waals surface area contributed by atoms with Gasteiger partial charge in [-0.15, -0.1) is 0 Å². The topological polar surface area (TPSA) is 24.4 Å². The summed E-state index contributed by atoms with van der Waals surface area (Å²) in [6, 6.07) is 0. The summed E-state index contributed by atoms with van der Waals surface area (Å²) >= 11 is 0. The molecule has 2 nitrogen and oxygen atoms in total. The molecule has 0 radical (unpaired) electrons. The van der Waals surface area contributed by atoms with Gasteiger partial charge in [0.05, 0.1) is 0 Å². The summed E-state index contributed by atoms with van der Waals surface area (Å²) in [6.07, 6.45) is 2.53. The summed E-state index contributed by atoms with van der Waals surface area (Å²) in [4.78, 5) is 4.21. The van der Waals surface area contributed by atoms with Crippen molar-refractivity contribution < 1.29 is 0 Å². The second kappa shape index (κ2) is 2.60. The summed E-state index contributed by atoms with van der Waals surface area (Å²) < 4.78 is 0. The number of nitrogens with one attached hydrogen (secondary N) is 1. The van der Waals surface area contributed by atoms with Gasteiger partial charge in [0.1, 0.15) is 5.84 Å². The fourth-order valence-electron chi connectivity index (χ4n) is 1.48. The van der Waals surface area contributed by atoms with Crippen molar-refractivity contribution in [2.24, 2.45) is 10.4 Å². The Balaban J connectivity index is 2.70. The fraction of sp³-hybridized carbons (Fsp3) is 0.875. The van der Waals surface area contributed by atoms with Crippen LogP contribution in [0, 0.1) is 5.41 Å². The minimum absolute atomic E-state index is 0.285. The molecule has 1 heterocycles. The maximum absolute atomic E-state index is 4.21. The third-order valence-electron chi connectivity index (χ3n) is 2.14. The molecule has 2 heteroatoms. The maximum atomic E-state index is 4.21. The van der Waals surface area contributed by atoms with Gasteiger partial charge in [-0.2, -0.15) is 0 Å². The SMILES string of the molecule is CN=C1NCCCC1(C)C. The predicted octanol–water partition coefficient (Wildman–Crippen LogP) is 1.42. The molecule has 1 aliphatic heterocycles. The minimum atomic E-state index is 0.285. The maximum Gasteiger partial charge on any atom is 0.102 e. The van der Waals surface area contributed by atoms with Gasteiger partial charge in [0, 0.05) is 19.0 Å². The first-order valence-corrected chi connectivity index (χ1v) is 3.88. The van der Waals surface area contributed by atoms with Crippen molar-refractivity contribution in [1.29, 1.82) is 0 Å². The highest BCUT2D eigenvalue weighted by atomic mass is 15.0. The average molecular weight is 140 g/mol. The van der Waals surface area contributed by atoms with Gasteiger partial charge in [-0.1, -0.05) is 13.8 Å². The third-order valence-corrected chi connectivity index (χ3v) is 2.14. The van der Waals surface area contributed by atoms with Crippen LogP contribution in [0.5, 0.6) is 0 Å². The first-order valence-electron chi connectivity index (χ1n) is 3.88. The lowest BCUT2D eigenvalue weighted by Gasteiger charge is -2.32. The molecule has 0 unspecified atom stereocenters. The molecule has 58 valence electrons. The van der Waals surface area contributed by atoms with Crippen LogP contribution in [0.4, 0.5) is 0 Å². The van der Waals surface area contributed by atoms with Crippen molar-refractivity contribution in [3.8, 4) is 0 Å². The molecule has 10 heavy (non-hydrogen) atoms. The highest BCUT2D eigenvalue weighted by molar-refractivity contribution is 5.87. The fourth-order valence-corrected chi connectivity index (χ4v) is 1.48. The second-order valence-corrected chi connectivity index (χ2v) is 3.49. The Bertz CT molecular complexity index is 147. The lowest BCUT2D eigenvalue weighted by Crippen LogP contribution is -2.42. The monoisotopic (exact) mass is 140 g/mol. The highest BCUT2D eigenvalue weighted by Gasteiger charge is 2.26. The molecular formula is C8H16N2. The van der Waals surface area contributed by atoms with Crippen LogP contribution in [-0.4, -0.2) is 19.4 Å². The van der Waals surface area contributed by atoms with E-state index >= 15 is 0 Å². The molecule has 1 N–H and O–H groups in total. The Morgan fingerprint density at radius 2 is 2.20 bits per heavy atom. The normalized spacial score (nSPS) is 28.1. The Kier molecular flexibility index (Phi) is 1.97. The van der Waals surface area contributed by atoms with E-state index in [0.29, 0.717) is 0 Å². The van der Waals surface area contributed by atoms with E-state index in [4.69, 9.17) is 0 Å². The van der Waals surface area contributed by atoms with Gasteiger partial charge in [-0.3, -0.25) is 4.99 Å². The summed E-state index contributed by atoms with van der Waals surface area (Å²) in [5, 5.41) is 3.31. The van der Waals surface area contributed by atoms with Crippen molar-refractivity contribution in [2.75, 3.05) is 13.6 Å². The molecule has 0 aromatic heterocycles. The largest absolute Gasteiger partial charge is 0.373 e. The molecule has 0 atom stereocenters. The van der Waals surface area contributed by atoms with Crippen LogP contribution in [0.15, 0.2) is 4.99 Å². The standard InChI is InChI=1S/C8H16N2/c1-8(2)5-4-6-10-7(8)9-3/h4-6H2,1-3H3,(H,9,10). The van der Waals surface area contributed by atoms with Crippen LogP contribution in [0.25, 0.3) is 0 Å². The smallest absolute Gasteiger partial charge is 0.102 e. The predicted molar refractivity (Wildman–Crippen MR) is 44.4 cm³/mol. The molecule has 0 aromatic rings. The van der Waals surface area contributed by atoms with Crippen LogP contribution >= 0.6 is 0 Å². The number of amidine groups is 1. The molecule has 0 saturated carbocycles. The average Bonchev–Trinajstić information content (AvgIpc) is 1.87. The number of piperidine rings is 1. The van der Waals surface area contributed by atoms with E-state index in [0.717, 1.165) is 6.54 Å². The van der Waals surface area contributed by atoms with Crippen molar-refractivity contribution in [3.05, 3.63) is 0 Å². The van der Waals surface area contributed by atoms with Gasteiger partial charge in [0.15, 0.2) is 0 Å². The molecule has 0 aromatic carbocycles. The zero-order valence-electron chi connectivity index (χ0n) is 7.07. The minimum Gasteiger partial charge on any atom is -0.373 e. The molecule has 1 aliphatic rings. The third kappa shape index (κ3) is 1.31. The lowest BCUT2D eigenvalue weighted by molar-refractivity contribution is 0.408. The first-order chi connectivity index (χ1) is 4.67. The van der Waals surface area contributed by atoms with E-state index in [1.54, 1.807) is 0 Å². The van der Waals surface area contributed by atoms with Gasteiger partial charge < -0.3 is 5.32 Å². The van der Waals surface area contributed by atoms with Gasteiger partial charge in [-0.05, 0) is 12.8 Å². The van der Waals surface area contributed by atoms with Crippen LogP contribution in [0.1, 0.15) is 26.7 Å². The number of nitrogens with zero attached hydrogens (tertiary/aromatic N) is 1.